The summed E-state index contributed by atoms with van der Waals surface area (Å²) in [6.45, 7) is 5.17. The fraction of sp³-hybridized carbons (Fsp3) is 0.562. The smallest absolute Gasteiger partial charge is 0.251 e. The predicted octanol–water partition coefficient (Wildman–Crippen LogP) is 1.96. The van der Waals surface area contributed by atoms with E-state index in [1.54, 1.807) is 0 Å². The molecule has 6 heteroatoms. The molecule has 1 aromatic carbocycles. The second-order valence-corrected chi connectivity index (χ2v) is 8.17. The van der Waals surface area contributed by atoms with Crippen LogP contribution in [0.1, 0.15) is 48.5 Å². The summed E-state index contributed by atoms with van der Waals surface area (Å²) in [6.07, 6.45) is 2.54. The Labute approximate surface area is 132 Å². The first-order valence-corrected chi connectivity index (χ1v) is 9.48. The molecular weight excluding hydrogens is 300 g/mol. The Kier molecular flexibility index (Phi) is 5.24. The molecular formula is C16H24N2O3S. The van der Waals surface area contributed by atoms with E-state index in [0.29, 0.717) is 37.4 Å². The molecule has 5 nitrogen and oxygen atoms in total. The van der Waals surface area contributed by atoms with Crippen LogP contribution in [-0.2, 0) is 10.0 Å². The first-order valence-electron chi connectivity index (χ1n) is 7.63. The molecule has 1 fully saturated rings. The van der Waals surface area contributed by atoms with E-state index in [4.69, 9.17) is 0 Å². The van der Waals surface area contributed by atoms with Gasteiger partial charge in [-0.1, -0.05) is 26.0 Å². The van der Waals surface area contributed by atoms with Gasteiger partial charge in [-0.2, -0.15) is 0 Å². The number of sulfonamides is 1. The Bertz CT molecular complexity index is 615. The lowest BCUT2D eigenvalue weighted by Crippen LogP contribution is -2.46. The van der Waals surface area contributed by atoms with Gasteiger partial charge in [0.1, 0.15) is 0 Å². The van der Waals surface area contributed by atoms with E-state index in [0.717, 1.165) is 0 Å². The van der Waals surface area contributed by atoms with Gasteiger partial charge in [-0.05, 0) is 36.5 Å². The van der Waals surface area contributed by atoms with Gasteiger partial charge in [0.15, 0.2) is 0 Å². The van der Waals surface area contributed by atoms with Crippen LogP contribution in [0.15, 0.2) is 24.3 Å². The van der Waals surface area contributed by atoms with Gasteiger partial charge in [0, 0.05) is 24.7 Å². The number of carbonyl (C=O) groups is 1. The zero-order valence-electron chi connectivity index (χ0n) is 13.4. The molecule has 1 N–H and O–H groups in total. The van der Waals surface area contributed by atoms with Gasteiger partial charge < -0.3 is 5.32 Å². The highest BCUT2D eigenvalue weighted by Crippen LogP contribution is 2.16. The minimum absolute atomic E-state index is 0.0373. The van der Waals surface area contributed by atoms with Crippen molar-refractivity contribution in [3.8, 4) is 0 Å². The molecule has 1 aliphatic heterocycles. The fourth-order valence-corrected chi connectivity index (χ4v) is 3.49. The van der Waals surface area contributed by atoms with Gasteiger partial charge in [0.2, 0.25) is 10.0 Å². The monoisotopic (exact) mass is 324 g/mol. The van der Waals surface area contributed by atoms with E-state index < -0.39 is 10.0 Å². The number of benzene rings is 1. The van der Waals surface area contributed by atoms with Crippen LogP contribution in [0.2, 0.25) is 0 Å². The van der Waals surface area contributed by atoms with Gasteiger partial charge in [-0.25, -0.2) is 12.7 Å². The molecule has 0 spiro atoms. The van der Waals surface area contributed by atoms with Crippen molar-refractivity contribution in [3.63, 3.8) is 0 Å². The molecule has 1 aromatic rings. The summed E-state index contributed by atoms with van der Waals surface area (Å²) in [5.41, 5.74) is 1.85. The summed E-state index contributed by atoms with van der Waals surface area (Å²) in [6, 6.07) is 7.68. The number of nitrogens with one attached hydrogen (secondary N) is 1. The summed E-state index contributed by atoms with van der Waals surface area (Å²) in [5, 5.41) is 3.00. The maximum Gasteiger partial charge on any atom is 0.251 e. The Hall–Kier alpha value is -1.40. The maximum absolute atomic E-state index is 12.2. The van der Waals surface area contributed by atoms with Crippen LogP contribution in [0.3, 0.4) is 0 Å². The number of hydrogen-bond acceptors (Lipinski definition) is 3. The molecule has 0 saturated carbocycles. The molecule has 0 radical (unpaired) electrons. The standard InChI is InChI=1S/C16H24N2O3S/c1-12(2)13-4-6-14(7-5-13)16(19)17-15-8-10-18(11-9-15)22(3,20)21/h4-7,12,15H,8-11H2,1-3H3,(H,17,19). The Balaban J connectivity index is 1.90. The molecule has 1 heterocycles. The van der Waals surface area contributed by atoms with Crippen LogP contribution < -0.4 is 5.32 Å². The van der Waals surface area contributed by atoms with Crippen LogP contribution in [0.5, 0.6) is 0 Å². The minimum Gasteiger partial charge on any atom is -0.349 e. The maximum atomic E-state index is 12.2. The molecule has 22 heavy (non-hydrogen) atoms. The number of rotatable bonds is 4. The fourth-order valence-electron chi connectivity index (χ4n) is 2.62. The van der Waals surface area contributed by atoms with Gasteiger partial charge in [-0.3, -0.25) is 4.79 Å². The normalized spacial score (nSPS) is 17.6. The quantitative estimate of drug-likeness (QED) is 0.921. The topological polar surface area (TPSA) is 66.5 Å². The molecule has 0 unspecified atom stereocenters. The van der Waals surface area contributed by atoms with E-state index in [-0.39, 0.29) is 11.9 Å². The van der Waals surface area contributed by atoms with Gasteiger partial charge in [0.05, 0.1) is 6.26 Å². The van der Waals surface area contributed by atoms with Crippen molar-refractivity contribution in [1.82, 2.24) is 9.62 Å². The third kappa shape index (κ3) is 4.30. The summed E-state index contributed by atoms with van der Waals surface area (Å²) in [7, 11) is -3.12. The summed E-state index contributed by atoms with van der Waals surface area (Å²) in [4.78, 5) is 12.2. The highest BCUT2D eigenvalue weighted by Gasteiger charge is 2.25. The zero-order valence-corrected chi connectivity index (χ0v) is 14.2. The Morgan fingerprint density at radius 2 is 1.73 bits per heavy atom. The minimum atomic E-state index is -3.12. The molecule has 0 aromatic heterocycles. The van der Waals surface area contributed by atoms with Crippen LogP contribution in [-0.4, -0.2) is 44.0 Å². The molecule has 2 rings (SSSR count). The Morgan fingerprint density at radius 3 is 2.18 bits per heavy atom. The number of hydrogen-bond donors (Lipinski definition) is 1. The van der Waals surface area contributed by atoms with Crippen molar-refractivity contribution in [2.24, 2.45) is 0 Å². The number of amides is 1. The van der Waals surface area contributed by atoms with Crippen molar-refractivity contribution in [3.05, 3.63) is 35.4 Å². The van der Waals surface area contributed by atoms with Crippen molar-refractivity contribution < 1.29 is 13.2 Å². The van der Waals surface area contributed by atoms with Crippen LogP contribution in [0.25, 0.3) is 0 Å². The zero-order chi connectivity index (χ0) is 16.3. The average Bonchev–Trinajstić information content (AvgIpc) is 2.47. The van der Waals surface area contributed by atoms with E-state index in [9.17, 15) is 13.2 Å². The predicted molar refractivity (Wildman–Crippen MR) is 87.4 cm³/mol. The van der Waals surface area contributed by atoms with Crippen LogP contribution in [0, 0.1) is 0 Å². The summed E-state index contributed by atoms with van der Waals surface area (Å²) in [5.74, 6) is 0.352. The number of carbonyl (C=O) groups excluding carboxylic acids is 1. The molecule has 1 aliphatic rings. The molecule has 0 bridgehead atoms. The van der Waals surface area contributed by atoms with E-state index >= 15 is 0 Å². The van der Waals surface area contributed by atoms with Crippen molar-refractivity contribution >= 4 is 15.9 Å². The average molecular weight is 324 g/mol. The second kappa shape index (κ2) is 6.79. The van der Waals surface area contributed by atoms with Crippen molar-refractivity contribution in [1.29, 1.82) is 0 Å². The third-order valence-corrected chi connectivity index (χ3v) is 5.40. The Morgan fingerprint density at radius 1 is 1.18 bits per heavy atom. The third-order valence-electron chi connectivity index (χ3n) is 4.10. The molecule has 122 valence electrons. The number of nitrogens with zero attached hydrogens (tertiary/aromatic N) is 1. The second-order valence-electron chi connectivity index (χ2n) is 6.19. The molecule has 1 saturated heterocycles. The van der Waals surface area contributed by atoms with Gasteiger partial charge in [0.25, 0.3) is 5.91 Å². The van der Waals surface area contributed by atoms with Crippen LogP contribution in [0.4, 0.5) is 0 Å². The van der Waals surface area contributed by atoms with Crippen LogP contribution >= 0.6 is 0 Å². The molecule has 0 aliphatic carbocycles. The lowest BCUT2D eigenvalue weighted by molar-refractivity contribution is 0.0924. The highest BCUT2D eigenvalue weighted by atomic mass is 32.2. The molecule has 1 amide bonds. The van der Waals surface area contributed by atoms with Gasteiger partial charge in [-0.15, -0.1) is 0 Å². The highest BCUT2D eigenvalue weighted by molar-refractivity contribution is 7.88. The molecule has 0 atom stereocenters. The summed E-state index contributed by atoms with van der Waals surface area (Å²) >= 11 is 0. The first kappa shape index (κ1) is 17.0. The SMILES string of the molecule is CC(C)c1ccc(C(=O)NC2CCN(S(C)(=O)=O)CC2)cc1. The van der Waals surface area contributed by atoms with Crippen molar-refractivity contribution in [2.75, 3.05) is 19.3 Å². The van der Waals surface area contributed by atoms with E-state index in [2.05, 4.69) is 19.2 Å². The van der Waals surface area contributed by atoms with Gasteiger partial charge >= 0.3 is 0 Å². The summed E-state index contributed by atoms with van der Waals surface area (Å²) < 4.78 is 24.4. The first-order chi connectivity index (χ1) is 10.3. The lowest BCUT2D eigenvalue weighted by atomic mass is 10.0. The largest absolute Gasteiger partial charge is 0.349 e. The lowest BCUT2D eigenvalue weighted by Gasteiger charge is -2.30. The van der Waals surface area contributed by atoms with E-state index in [1.165, 1.54) is 16.1 Å². The van der Waals surface area contributed by atoms with Crippen molar-refractivity contribution in [2.45, 2.75) is 38.6 Å². The van der Waals surface area contributed by atoms with E-state index in [1.807, 2.05) is 24.3 Å². The number of piperidine rings is 1.